The van der Waals surface area contributed by atoms with Crippen LogP contribution in [0.1, 0.15) is 23.0 Å². The highest BCUT2D eigenvalue weighted by Crippen LogP contribution is 2.41. The zero-order valence-corrected chi connectivity index (χ0v) is 13.3. The van der Waals surface area contributed by atoms with Gasteiger partial charge in [0.1, 0.15) is 24.0 Å². The maximum Gasteiger partial charge on any atom is 0.228 e. The number of ether oxygens (including phenoxy) is 1. The van der Waals surface area contributed by atoms with Crippen LogP contribution in [0.4, 0.5) is 0 Å². The minimum Gasteiger partial charge on any atom is -0.458 e. The molecule has 0 aliphatic carbocycles. The highest BCUT2D eigenvalue weighted by Gasteiger charge is 2.35. The summed E-state index contributed by atoms with van der Waals surface area (Å²) in [5.74, 6) is -0.626. The molecule has 0 saturated heterocycles. The Morgan fingerprint density at radius 1 is 1.39 bits per heavy atom. The van der Waals surface area contributed by atoms with E-state index in [0.717, 1.165) is 10.5 Å². The average Bonchev–Trinajstić information content (AvgIpc) is 2.54. The fraction of sp³-hybridized carbons (Fsp3) is 0.125. The number of halogens is 1. The van der Waals surface area contributed by atoms with Crippen molar-refractivity contribution in [3.63, 3.8) is 0 Å². The van der Waals surface area contributed by atoms with Gasteiger partial charge in [-0.1, -0.05) is 28.1 Å². The summed E-state index contributed by atoms with van der Waals surface area (Å²) in [6.07, 6.45) is 0. The van der Waals surface area contributed by atoms with Gasteiger partial charge in [0.25, 0.3) is 0 Å². The Balaban J connectivity index is 2.31. The van der Waals surface area contributed by atoms with Crippen LogP contribution >= 0.6 is 15.9 Å². The van der Waals surface area contributed by atoms with Crippen molar-refractivity contribution in [3.8, 4) is 11.8 Å². The van der Waals surface area contributed by atoms with Gasteiger partial charge in [0.15, 0.2) is 5.76 Å². The van der Waals surface area contributed by atoms with E-state index in [4.69, 9.17) is 14.9 Å². The van der Waals surface area contributed by atoms with Gasteiger partial charge in [0.05, 0.1) is 5.92 Å². The van der Waals surface area contributed by atoms with Crippen LogP contribution in [-0.2, 0) is 6.61 Å². The maximum atomic E-state index is 12.2. The van der Waals surface area contributed by atoms with Gasteiger partial charge in [-0.05, 0) is 17.7 Å². The van der Waals surface area contributed by atoms with Crippen molar-refractivity contribution >= 4 is 15.9 Å². The molecule has 0 saturated carbocycles. The van der Waals surface area contributed by atoms with Crippen LogP contribution in [0, 0.1) is 11.3 Å². The Bertz CT molecular complexity index is 911. The molecule has 2 aromatic rings. The first kappa shape index (κ1) is 15.3. The third kappa shape index (κ3) is 2.63. The molecule has 7 heteroatoms. The van der Waals surface area contributed by atoms with Gasteiger partial charge in [0, 0.05) is 10.5 Å². The van der Waals surface area contributed by atoms with E-state index in [0.29, 0.717) is 5.56 Å². The van der Waals surface area contributed by atoms with Gasteiger partial charge >= 0.3 is 0 Å². The number of rotatable bonds is 2. The standard InChI is InChI=1S/C16H11BrN2O4/c17-9-3-1-2-8(4-9)13-11(6-18)16(19)23-14-12(21)5-10(7-20)22-15(13)14/h1-5,13,20H,7,19H2/t13-/m0/s1. The molecule has 1 aliphatic heterocycles. The molecule has 0 radical (unpaired) electrons. The van der Waals surface area contributed by atoms with Crippen molar-refractivity contribution in [2.45, 2.75) is 12.5 Å². The minimum absolute atomic E-state index is 0.0660. The Labute approximate surface area is 139 Å². The first-order valence-electron chi connectivity index (χ1n) is 6.66. The van der Waals surface area contributed by atoms with E-state index in [2.05, 4.69) is 15.9 Å². The van der Waals surface area contributed by atoms with Crippen LogP contribution in [0.3, 0.4) is 0 Å². The molecule has 1 aromatic carbocycles. The number of allylic oxidation sites excluding steroid dienone is 1. The highest BCUT2D eigenvalue weighted by atomic mass is 79.9. The molecular formula is C16H11BrN2O4. The molecule has 2 heterocycles. The SMILES string of the molecule is N#CC1=C(N)Oc2c(oc(CO)cc2=O)[C@H]1c1cccc(Br)c1. The van der Waals surface area contributed by atoms with Crippen molar-refractivity contribution in [3.05, 3.63) is 73.6 Å². The number of fused-ring (bicyclic) bond motifs is 1. The molecule has 0 spiro atoms. The molecule has 3 N–H and O–H groups in total. The predicted molar refractivity (Wildman–Crippen MR) is 84.3 cm³/mol. The molecule has 0 fully saturated rings. The monoisotopic (exact) mass is 374 g/mol. The summed E-state index contributed by atoms with van der Waals surface area (Å²) in [7, 11) is 0. The van der Waals surface area contributed by atoms with Crippen LogP contribution in [0.5, 0.6) is 5.75 Å². The topological polar surface area (TPSA) is 109 Å². The summed E-state index contributed by atoms with van der Waals surface area (Å²) >= 11 is 3.37. The second-order valence-corrected chi connectivity index (χ2v) is 5.82. The van der Waals surface area contributed by atoms with Crippen LogP contribution in [-0.4, -0.2) is 5.11 Å². The van der Waals surface area contributed by atoms with Crippen LogP contribution in [0.15, 0.2) is 55.5 Å². The number of nitrogens with two attached hydrogens (primary N) is 1. The van der Waals surface area contributed by atoms with Gasteiger partial charge in [-0.15, -0.1) is 0 Å². The quantitative estimate of drug-likeness (QED) is 0.832. The Kier molecular flexibility index (Phi) is 3.94. The number of hydrogen-bond acceptors (Lipinski definition) is 6. The molecule has 3 rings (SSSR count). The fourth-order valence-electron chi connectivity index (χ4n) is 2.48. The number of hydrogen-bond donors (Lipinski definition) is 2. The lowest BCUT2D eigenvalue weighted by atomic mass is 9.87. The van der Waals surface area contributed by atoms with Gasteiger partial charge < -0.3 is 20.0 Å². The smallest absolute Gasteiger partial charge is 0.228 e. The fourth-order valence-corrected chi connectivity index (χ4v) is 2.90. The molecular weight excluding hydrogens is 364 g/mol. The number of aliphatic hydroxyl groups is 1. The van der Waals surface area contributed by atoms with Crippen molar-refractivity contribution in [2.75, 3.05) is 0 Å². The summed E-state index contributed by atoms with van der Waals surface area (Å²) in [5.41, 5.74) is 6.20. The molecule has 0 amide bonds. The molecule has 1 aromatic heterocycles. The second kappa shape index (κ2) is 5.91. The molecule has 6 nitrogen and oxygen atoms in total. The Morgan fingerprint density at radius 3 is 2.83 bits per heavy atom. The van der Waals surface area contributed by atoms with E-state index in [-0.39, 0.29) is 28.7 Å². The zero-order valence-electron chi connectivity index (χ0n) is 11.7. The van der Waals surface area contributed by atoms with E-state index < -0.39 is 18.0 Å². The van der Waals surface area contributed by atoms with Crippen molar-refractivity contribution in [1.29, 1.82) is 5.26 Å². The van der Waals surface area contributed by atoms with Gasteiger partial charge in [-0.2, -0.15) is 5.26 Å². The lowest BCUT2D eigenvalue weighted by Crippen LogP contribution is -2.25. The molecule has 0 bridgehead atoms. The van der Waals surface area contributed by atoms with Crippen LogP contribution < -0.4 is 15.9 Å². The van der Waals surface area contributed by atoms with E-state index in [1.807, 2.05) is 12.1 Å². The predicted octanol–water partition coefficient (Wildman–Crippen LogP) is 2.11. The third-order valence-corrected chi connectivity index (χ3v) is 3.96. The Hall–Kier alpha value is -2.56. The number of nitriles is 1. The summed E-state index contributed by atoms with van der Waals surface area (Å²) in [4.78, 5) is 12.2. The second-order valence-electron chi connectivity index (χ2n) is 4.91. The third-order valence-electron chi connectivity index (χ3n) is 3.47. The normalized spacial score (nSPS) is 16.5. The van der Waals surface area contributed by atoms with Gasteiger partial charge in [-0.25, -0.2) is 0 Å². The van der Waals surface area contributed by atoms with Crippen molar-refractivity contribution < 1.29 is 14.3 Å². The first-order chi connectivity index (χ1) is 11.0. The minimum atomic E-state index is -0.680. The molecule has 116 valence electrons. The van der Waals surface area contributed by atoms with Gasteiger partial charge in [0.2, 0.25) is 17.1 Å². The lowest BCUT2D eigenvalue weighted by Gasteiger charge is -2.24. The average molecular weight is 375 g/mol. The van der Waals surface area contributed by atoms with Crippen molar-refractivity contribution in [2.24, 2.45) is 5.73 Å². The summed E-state index contributed by atoms with van der Waals surface area (Å²) < 4.78 is 11.7. The van der Waals surface area contributed by atoms with E-state index in [1.165, 1.54) is 0 Å². The van der Waals surface area contributed by atoms with Crippen LogP contribution in [0.2, 0.25) is 0 Å². The number of aliphatic hydroxyl groups excluding tert-OH is 1. The van der Waals surface area contributed by atoms with E-state index >= 15 is 0 Å². The van der Waals surface area contributed by atoms with E-state index in [1.54, 1.807) is 18.2 Å². The molecule has 1 atom stereocenters. The largest absolute Gasteiger partial charge is 0.458 e. The lowest BCUT2D eigenvalue weighted by molar-refractivity contribution is 0.231. The highest BCUT2D eigenvalue weighted by molar-refractivity contribution is 9.10. The first-order valence-corrected chi connectivity index (χ1v) is 7.45. The number of benzene rings is 1. The maximum absolute atomic E-state index is 12.2. The zero-order chi connectivity index (χ0) is 16.6. The summed E-state index contributed by atoms with van der Waals surface area (Å²) in [5, 5.41) is 18.7. The summed E-state index contributed by atoms with van der Waals surface area (Å²) in [6.45, 7) is -0.436. The van der Waals surface area contributed by atoms with Crippen LogP contribution in [0.25, 0.3) is 0 Å². The van der Waals surface area contributed by atoms with Crippen molar-refractivity contribution in [1.82, 2.24) is 0 Å². The molecule has 1 aliphatic rings. The molecule has 23 heavy (non-hydrogen) atoms. The van der Waals surface area contributed by atoms with Gasteiger partial charge in [-0.3, -0.25) is 4.79 Å². The summed E-state index contributed by atoms with van der Waals surface area (Å²) in [6, 6.07) is 10.4. The van der Waals surface area contributed by atoms with E-state index in [9.17, 15) is 15.2 Å². The molecule has 0 unspecified atom stereocenters. The Morgan fingerprint density at radius 2 is 2.17 bits per heavy atom. The number of nitrogens with zero attached hydrogens (tertiary/aromatic N) is 1.